The van der Waals surface area contributed by atoms with Crippen molar-refractivity contribution in [1.82, 2.24) is 14.6 Å². The number of aromatic nitrogens is 2. The first-order valence-electron chi connectivity index (χ1n) is 11.4. The number of hydrogen-bond donors (Lipinski definition) is 4. The lowest BCUT2D eigenvalue weighted by molar-refractivity contribution is -0.192. The fourth-order valence-corrected chi connectivity index (χ4v) is 3.60. The fourth-order valence-electron chi connectivity index (χ4n) is 3.60. The SMILES string of the molecule is Cc1ccc(CCN(c2ncc(C)n(CC(N)=O)c2=O)C2CCN(C(=N)N)OC2)cc1.O=C(O)C(F)(F)F. The average Bonchev–Trinajstić information content (AvgIpc) is 2.84. The van der Waals surface area contributed by atoms with E-state index in [0.29, 0.717) is 31.6 Å². The van der Waals surface area contributed by atoms with Gasteiger partial charge in [-0.15, -0.1) is 0 Å². The predicted octanol–water partition coefficient (Wildman–Crippen LogP) is 0.927. The zero-order chi connectivity index (χ0) is 28.6. The van der Waals surface area contributed by atoms with E-state index in [1.165, 1.54) is 15.2 Å². The smallest absolute Gasteiger partial charge is 0.475 e. The third-order valence-corrected chi connectivity index (χ3v) is 5.62. The van der Waals surface area contributed by atoms with Gasteiger partial charge in [0.2, 0.25) is 11.9 Å². The number of nitrogens with one attached hydrogen (secondary N) is 1. The highest BCUT2D eigenvalue weighted by Gasteiger charge is 2.38. The van der Waals surface area contributed by atoms with E-state index in [-0.39, 0.29) is 36.5 Å². The van der Waals surface area contributed by atoms with Gasteiger partial charge in [0.25, 0.3) is 5.56 Å². The molecule has 3 rings (SSSR count). The third-order valence-electron chi connectivity index (χ3n) is 5.62. The Hall–Kier alpha value is -4.14. The van der Waals surface area contributed by atoms with Crippen LogP contribution in [0.4, 0.5) is 19.0 Å². The summed E-state index contributed by atoms with van der Waals surface area (Å²) in [6.45, 7) is 4.78. The lowest BCUT2D eigenvalue weighted by atomic mass is 10.1. The molecule has 38 heavy (non-hydrogen) atoms. The van der Waals surface area contributed by atoms with Crippen molar-refractivity contribution in [3.05, 3.63) is 57.6 Å². The number of aryl methyl sites for hydroxylation is 2. The molecular formula is C23H30F3N7O5. The molecule has 1 aliphatic rings. The van der Waals surface area contributed by atoms with Gasteiger partial charge in [-0.2, -0.15) is 13.2 Å². The normalized spacial score (nSPS) is 15.3. The molecule has 1 fully saturated rings. The molecule has 0 saturated carbocycles. The number of amides is 1. The van der Waals surface area contributed by atoms with Crippen LogP contribution in [0.1, 0.15) is 23.2 Å². The molecule has 2 heterocycles. The van der Waals surface area contributed by atoms with Crippen molar-refractivity contribution >= 4 is 23.7 Å². The number of hydroxylamine groups is 2. The number of nitrogens with two attached hydrogens (primary N) is 2. The topological polar surface area (TPSA) is 181 Å². The maximum atomic E-state index is 13.2. The van der Waals surface area contributed by atoms with Crippen LogP contribution in [0.25, 0.3) is 0 Å². The van der Waals surface area contributed by atoms with Crippen LogP contribution >= 0.6 is 0 Å². The van der Waals surface area contributed by atoms with Gasteiger partial charge in [0.1, 0.15) is 6.54 Å². The number of benzene rings is 1. The molecule has 208 valence electrons. The lowest BCUT2D eigenvalue weighted by Crippen LogP contribution is -2.52. The Bertz CT molecular complexity index is 1190. The van der Waals surface area contributed by atoms with E-state index in [1.54, 1.807) is 13.1 Å². The number of primary amides is 1. The van der Waals surface area contributed by atoms with Crippen molar-refractivity contribution in [2.75, 3.05) is 24.6 Å². The zero-order valence-corrected chi connectivity index (χ0v) is 20.9. The third kappa shape index (κ3) is 8.47. The summed E-state index contributed by atoms with van der Waals surface area (Å²) in [5.41, 5.74) is 13.4. The largest absolute Gasteiger partial charge is 0.490 e. The van der Waals surface area contributed by atoms with Gasteiger partial charge in [-0.25, -0.2) is 14.8 Å². The van der Waals surface area contributed by atoms with E-state index >= 15 is 0 Å². The molecule has 0 radical (unpaired) electrons. The monoisotopic (exact) mass is 541 g/mol. The molecule has 1 aromatic carbocycles. The van der Waals surface area contributed by atoms with Gasteiger partial charge in [-0.05, 0) is 32.3 Å². The van der Waals surface area contributed by atoms with Crippen molar-refractivity contribution in [3.8, 4) is 0 Å². The molecule has 1 unspecified atom stereocenters. The summed E-state index contributed by atoms with van der Waals surface area (Å²) in [6.07, 6.45) is -2.17. The van der Waals surface area contributed by atoms with Crippen LogP contribution in [-0.4, -0.2) is 69.5 Å². The number of alkyl halides is 3. The number of anilines is 1. The summed E-state index contributed by atoms with van der Waals surface area (Å²) in [7, 11) is 0. The highest BCUT2D eigenvalue weighted by molar-refractivity contribution is 5.74. The molecule has 1 aromatic heterocycles. The molecular weight excluding hydrogens is 511 g/mol. The van der Waals surface area contributed by atoms with E-state index in [0.717, 1.165) is 5.56 Å². The van der Waals surface area contributed by atoms with Crippen LogP contribution < -0.4 is 21.9 Å². The van der Waals surface area contributed by atoms with E-state index < -0.39 is 18.1 Å². The predicted molar refractivity (Wildman–Crippen MR) is 131 cm³/mol. The zero-order valence-electron chi connectivity index (χ0n) is 20.9. The van der Waals surface area contributed by atoms with Crippen LogP contribution in [0.5, 0.6) is 0 Å². The Morgan fingerprint density at radius 2 is 1.84 bits per heavy atom. The van der Waals surface area contributed by atoms with Crippen LogP contribution in [0, 0.1) is 19.3 Å². The molecule has 1 amide bonds. The number of aliphatic carboxylic acids is 1. The van der Waals surface area contributed by atoms with E-state index in [2.05, 4.69) is 29.2 Å². The first-order valence-corrected chi connectivity index (χ1v) is 11.4. The van der Waals surface area contributed by atoms with Crippen LogP contribution in [-0.2, 0) is 27.4 Å². The minimum atomic E-state index is -5.08. The molecule has 6 N–H and O–H groups in total. The van der Waals surface area contributed by atoms with Gasteiger partial charge in [-0.3, -0.25) is 24.4 Å². The van der Waals surface area contributed by atoms with Crippen molar-refractivity contribution in [3.63, 3.8) is 0 Å². The number of rotatable bonds is 7. The van der Waals surface area contributed by atoms with Gasteiger partial charge in [0.15, 0.2) is 5.82 Å². The Balaban J connectivity index is 0.000000638. The summed E-state index contributed by atoms with van der Waals surface area (Å²) in [5, 5.41) is 16.0. The fraction of sp³-hybridized carbons (Fsp3) is 0.435. The molecule has 0 bridgehead atoms. The first-order chi connectivity index (χ1) is 17.7. The van der Waals surface area contributed by atoms with Crippen molar-refractivity contribution < 1.29 is 32.7 Å². The summed E-state index contributed by atoms with van der Waals surface area (Å²) in [4.78, 5) is 45.5. The molecule has 0 spiro atoms. The number of carbonyl (C=O) groups is 2. The number of guanidine groups is 1. The van der Waals surface area contributed by atoms with Crippen LogP contribution in [0.3, 0.4) is 0 Å². The summed E-state index contributed by atoms with van der Waals surface area (Å²) < 4.78 is 33.1. The highest BCUT2D eigenvalue weighted by Crippen LogP contribution is 2.19. The van der Waals surface area contributed by atoms with Gasteiger partial charge in [-0.1, -0.05) is 29.8 Å². The number of carboxylic acid groups (broad SMARTS) is 1. The molecule has 0 aliphatic carbocycles. The second-order valence-electron chi connectivity index (χ2n) is 8.54. The number of halogens is 3. The number of carbonyl (C=O) groups excluding carboxylic acids is 1. The molecule has 2 aromatic rings. The summed E-state index contributed by atoms with van der Waals surface area (Å²) in [5.74, 6) is -3.25. The Kier molecular flexibility index (Phi) is 10.2. The Morgan fingerprint density at radius 1 is 1.24 bits per heavy atom. The molecule has 1 saturated heterocycles. The van der Waals surface area contributed by atoms with E-state index in [1.807, 2.05) is 11.8 Å². The second-order valence-corrected chi connectivity index (χ2v) is 8.54. The van der Waals surface area contributed by atoms with Crippen LogP contribution in [0.15, 0.2) is 35.3 Å². The van der Waals surface area contributed by atoms with Crippen molar-refractivity contribution in [1.29, 1.82) is 5.41 Å². The standard InChI is InChI=1S/C21H29N7O3.C2HF3O2/c1-14-3-5-16(6-4-14)7-9-26(17-8-10-28(21(23)24)31-13-17)19-20(30)27(12-18(22)29)15(2)11-25-19;3-2(4,5)1(6)7/h3-6,11,17H,7-10,12-13H2,1-2H3,(H2,22,29)(H3,23,24);(H,6,7). The average molecular weight is 542 g/mol. The van der Waals surface area contributed by atoms with Gasteiger partial charge >= 0.3 is 12.1 Å². The van der Waals surface area contributed by atoms with E-state index in [4.69, 9.17) is 31.6 Å². The highest BCUT2D eigenvalue weighted by atomic mass is 19.4. The number of carboxylic acids is 1. The maximum Gasteiger partial charge on any atom is 0.490 e. The number of hydrogen-bond acceptors (Lipinski definition) is 7. The maximum absolute atomic E-state index is 13.2. The minimum Gasteiger partial charge on any atom is -0.475 e. The summed E-state index contributed by atoms with van der Waals surface area (Å²) >= 11 is 0. The Morgan fingerprint density at radius 3 is 2.32 bits per heavy atom. The van der Waals surface area contributed by atoms with E-state index in [9.17, 15) is 22.8 Å². The van der Waals surface area contributed by atoms with Crippen LogP contribution in [0.2, 0.25) is 0 Å². The quantitative estimate of drug-likeness (QED) is 0.293. The second kappa shape index (κ2) is 12.9. The lowest BCUT2D eigenvalue weighted by Gasteiger charge is -2.38. The number of nitrogens with zero attached hydrogens (tertiary/aromatic N) is 4. The molecule has 12 nitrogen and oxygen atoms in total. The Labute approximate surface area is 216 Å². The van der Waals surface area contributed by atoms with Gasteiger partial charge in [0.05, 0.1) is 19.2 Å². The van der Waals surface area contributed by atoms with Gasteiger partial charge in [0, 0.05) is 18.4 Å². The first kappa shape index (κ1) is 30.1. The molecule has 1 aliphatic heterocycles. The molecule has 1 atom stereocenters. The van der Waals surface area contributed by atoms with Crippen molar-refractivity contribution in [2.24, 2.45) is 11.5 Å². The minimum absolute atomic E-state index is 0.133. The summed E-state index contributed by atoms with van der Waals surface area (Å²) in [6, 6.07) is 8.11. The van der Waals surface area contributed by atoms with Gasteiger partial charge < -0.3 is 21.5 Å². The van der Waals surface area contributed by atoms with Crippen molar-refractivity contribution in [2.45, 2.75) is 45.5 Å². The molecule has 15 heteroatoms.